The number of amides is 1. The minimum atomic E-state index is -0.446. The third kappa shape index (κ3) is 5.43. The quantitative estimate of drug-likeness (QED) is 0.768. The van der Waals surface area contributed by atoms with Gasteiger partial charge in [0.15, 0.2) is 6.61 Å². The van der Waals surface area contributed by atoms with Crippen LogP contribution in [0.15, 0.2) is 18.2 Å². The van der Waals surface area contributed by atoms with Gasteiger partial charge < -0.3 is 19.5 Å². The van der Waals surface area contributed by atoms with Crippen molar-refractivity contribution < 1.29 is 23.8 Å². The van der Waals surface area contributed by atoms with Crippen molar-refractivity contribution >= 4 is 11.9 Å². The molecule has 0 aliphatic heterocycles. The Balaban J connectivity index is 2.62. The number of methoxy groups -OCH3 is 2. The molecule has 21 heavy (non-hydrogen) atoms. The van der Waals surface area contributed by atoms with E-state index in [4.69, 9.17) is 9.47 Å². The van der Waals surface area contributed by atoms with Crippen LogP contribution in [0.5, 0.6) is 5.75 Å². The molecule has 0 aliphatic carbocycles. The van der Waals surface area contributed by atoms with Crippen LogP contribution in [0, 0.1) is 6.92 Å². The Kier molecular flexibility index (Phi) is 6.68. The second-order valence-corrected chi connectivity index (χ2v) is 4.68. The number of esters is 1. The molecular formula is C15H21NO5. The number of aryl methyl sites for hydroxylation is 1. The standard InChI is InChI=1S/C15H21NO5/c1-10-5-6-12(15(18)20-4)7-13(10)21-9-14(17)16-11(2)8-19-3/h5-7,11H,8-9H2,1-4H3,(H,16,17). The number of ether oxygens (including phenoxy) is 3. The fourth-order valence-corrected chi connectivity index (χ4v) is 1.75. The first-order valence-corrected chi connectivity index (χ1v) is 6.58. The first-order chi connectivity index (χ1) is 9.97. The molecule has 6 heteroatoms. The molecule has 1 aromatic carbocycles. The molecule has 1 amide bonds. The molecule has 6 nitrogen and oxygen atoms in total. The van der Waals surface area contributed by atoms with E-state index in [-0.39, 0.29) is 18.6 Å². The second-order valence-electron chi connectivity index (χ2n) is 4.68. The normalized spacial score (nSPS) is 11.6. The van der Waals surface area contributed by atoms with Crippen molar-refractivity contribution in [3.8, 4) is 5.75 Å². The molecule has 0 heterocycles. The van der Waals surface area contributed by atoms with Gasteiger partial charge >= 0.3 is 5.97 Å². The number of benzene rings is 1. The predicted molar refractivity (Wildman–Crippen MR) is 77.5 cm³/mol. The largest absolute Gasteiger partial charge is 0.483 e. The SMILES string of the molecule is COCC(C)NC(=O)COc1cc(C(=O)OC)ccc1C. The Morgan fingerprint density at radius 3 is 2.62 bits per heavy atom. The van der Waals surface area contributed by atoms with Gasteiger partial charge in [0.25, 0.3) is 5.91 Å². The van der Waals surface area contributed by atoms with Crippen LogP contribution in [0.1, 0.15) is 22.8 Å². The molecule has 0 bridgehead atoms. The average molecular weight is 295 g/mol. The van der Waals surface area contributed by atoms with Crippen LogP contribution in [0.3, 0.4) is 0 Å². The van der Waals surface area contributed by atoms with E-state index in [9.17, 15) is 9.59 Å². The van der Waals surface area contributed by atoms with Gasteiger partial charge in [-0.05, 0) is 31.5 Å². The number of carbonyl (C=O) groups is 2. The lowest BCUT2D eigenvalue weighted by molar-refractivity contribution is -0.124. The van der Waals surface area contributed by atoms with Crippen LogP contribution in [0.2, 0.25) is 0 Å². The lowest BCUT2D eigenvalue weighted by Gasteiger charge is -2.14. The molecule has 1 rings (SSSR count). The zero-order valence-corrected chi connectivity index (χ0v) is 12.8. The topological polar surface area (TPSA) is 73.9 Å². The zero-order chi connectivity index (χ0) is 15.8. The number of rotatable bonds is 7. The van der Waals surface area contributed by atoms with Crippen LogP contribution in [-0.4, -0.2) is 45.4 Å². The molecule has 1 atom stereocenters. The Labute approximate surface area is 124 Å². The molecule has 0 aliphatic rings. The lowest BCUT2D eigenvalue weighted by atomic mass is 10.1. The molecule has 0 radical (unpaired) electrons. The smallest absolute Gasteiger partial charge is 0.337 e. The summed E-state index contributed by atoms with van der Waals surface area (Å²) in [5.41, 5.74) is 1.21. The fourth-order valence-electron chi connectivity index (χ4n) is 1.75. The summed E-state index contributed by atoms with van der Waals surface area (Å²) >= 11 is 0. The summed E-state index contributed by atoms with van der Waals surface area (Å²) in [7, 11) is 2.88. The van der Waals surface area contributed by atoms with Gasteiger partial charge in [-0.2, -0.15) is 0 Å². The molecule has 0 saturated carbocycles. The molecular weight excluding hydrogens is 274 g/mol. The van der Waals surface area contributed by atoms with E-state index in [1.165, 1.54) is 7.11 Å². The van der Waals surface area contributed by atoms with Crippen molar-refractivity contribution in [3.63, 3.8) is 0 Å². The van der Waals surface area contributed by atoms with Gasteiger partial charge in [0.1, 0.15) is 5.75 Å². The van der Waals surface area contributed by atoms with Crippen molar-refractivity contribution in [1.29, 1.82) is 0 Å². The van der Waals surface area contributed by atoms with Gasteiger partial charge in [-0.25, -0.2) is 4.79 Å². The molecule has 1 aromatic rings. The highest BCUT2D eigenvalue weighted by Crippen LogP contribution is 2.20. The molecule has 1 unspecified atom stereocenters. The van der Waals surface area contributed by atoms with Crippen LogP contribution in [-0.2, 0) is 14.3 Å². The van der Waals surface area contributed by atoms with Crippen molar-refractivity contribution in [2.45, 2.75) is 19.9 Å². The maximum atomic E-state index is 11.7. The number of hydrogen-bond donors (Lipinski definition) is 1. The summed E-state index contributed by atoms with van der Waals surface area (Å²) in [6.45, 7) is 3.98. The maximum Gasteiger partial charge on any atom is 0.337 e. The van der Waals surface area contributed by atoms with E-state index in [0.717, 1.165) is 5.56 Å². The summed E-state index contributed by atoms with van der Waals surface area (Å²) in [5.74, 6) is -0.215. The van der Waals surface area contributed by atoms with E-state index in [0.29, 0.717) is 17.9 Å². The van der Waals surface area contributed by atoms with Crippen molar-refractivity contribution in [2.75, 3.05) is 27.4 Å². The highest BCUT2D eigenvalue weighted by molar-refractivity contribution is 5.90. The summed E-state index contributed by atoms with van der Waals surface area (Å²) in [6.07, 6.45) is 0. The minimum absolute atomic E-state index is 0.0893. The number of carbonyl (C=O) groups excluding carboxylic acids is 2. The summed E-state index contributed by atoms with van der Waals surface area (Å²) in [5, 5.41) is 2.74. The van der Waals surface area contributed by atoms with Gasteiger partial charge in [0, 0.05) is 13.2 Å². The zero-order valence-electron chi connectivity index (χ0n) is 12.8. The van der Waals surface area contributed by atoms with Crippen LogP contribution in [0.25, 0.3) is 0 Å². The third-order valence-electron chi connectivity index (χ3n) is 2.79. The summed E-state index contributed by atoms with van der Waals surface area (Å²) < 4.78 is 15.0. The number of hydrogen-bond acceptors (Lipinski definition) is 5. The number of nitrogens with one attached hydrogen (secondary N) is 1. The van der Waals surface area contributed by atoms with E-state index in [1.807, 2.05) is 13.8 Å². The van der Waals surface area contributed by atoms with Gasteiger partial charge in [-0.3, -0.25) is 4.79 Å². The molecule has 0 aromatic heterocycles. The molecule has 0 spiro atoms. The van der Waals surface area contributed by atoms with Crippen LogP contribution in [0.4, 0.5) is 0 Å². The van der Waals surface area contributed by atoms with E-state index >= 15 is 0 Å². The average Bonchev–Trinajstić information content (AvgIpc) is 2.45. The Morgan fingerprint density at radius 1 is 1.29 bits per heavy atom. The van der Waals surface area contributed by atoms with Gasteiger partial charge in [-0.15, -0.1) is 0 Å². The Morgan fingerprint density at radius 2 is 2.00 bits per heavy atom. The third-order valence-corrected chi connectivity index (χ3v) is 2.79. The predicted octanol–water partition coefficient (Wildman–Crippen LogP) is 1.31. The molecule has 0 saturated heterocycles. The minimum Gasteiger partial charge on any atom is -0.483 e. The molecule has 1 N–H and O–H groups in total. The fraction of sp³-hybridized carbons (Fsp3) is 0.467. The van der Waals surface area contributed by atoms with Crippen LogP contribution < -0.4 is 10.1 Å². The lowest BCUT2D eigenvalue weighted by Crippen LogP contribution is -2.38. The van der Waals surface area contributed by atoms with E-state index < -0.39 is 5.97 Å². The second kappa shape index (κ2) is 8.26. The van der Waals surface area contributed by atoms with Gasteiger partial charge in [-0.1, -0.05) is 6.07 Å². The molecule has 0 fully saturated rings. The monoisotopic (exact) mass is 295 g/mol. The first kappa shape index (κ1) is 17.0. The van der Waals surface area contributed by atoms with E-state index in [2.05, 4.69) is 10.1 Å². The van der Waals surface area contributed by atoms with Crippen molar-refractivity contribution in [1.82, 2.24) is 5.32 Å². The maximum absolute atomic E-state index is 11.7. The summed E-state index contributed by atoms with van der Waals surface area (Å²) in [6, 6.07) is 4.86. The highest BCUT2D eigenvalue weighted by Gasteiger charge is 2.11. The van der Waals surface area contributed by atoms with Crippen molar-refractivity contribution in [2.24, 2.45) is 0 Å². The van der Waals surface area contributed by atoms with Gasteiger partial charge in [0.2, 0.25) is 0 Å². The Hall–Kier alpha value is -2.08. The van der Waals surface area contributed by atoms with Crippen molar-refractivity contribution in [3.05, 3.63) is 29.3 Å². The van der Waals surface area contributed by atoms with Crippen LogP contribution >= 0.6 is 0 Å². The Bertz CT molecular complexity index is 501. The van der Waals surface area contributed by atoms with Gasteiger partial charge in [0.05, 0.1) is 19.3 Å². The summed E-state index contributed by atoms with van der Waals surface area (Å²) in [4.78, 5) is 23.2. The first-order valence-electron chi connectivity index (χ1n) is 6.58. The highest BCUT2D eigenvalue weighted by atomic mass is 16.5. The van der Waals surface area contributed by atoms with E-state index in [1.54, 1.807) is 25.3 Å². The molecule has 116 valence electrons.